The van der Waals surface area contributed by atoms with Crippen LogP contribution < -0.4 is 11.0 Å². The van der Waals surface area contributed by atoms with Crippen LogP contribution in [0.3, 0.4) is 0 Å². The Morgan fingerprint density at radius 3 is 3.12 bits per heavy atom. The van der Waals surface area contributed by atoms with Crippen LogP contribution >= 0.6 is 0 Å². The quantitative estimate of drug-likeness (QED) is 0.827. The van der Waals surface area contributed by atoms with Gasteiger partial charge in [0, 0.05) is 26.2 Å². The second-order valence-electron chi connectivity index (χ2n) is 5.88. The molecule has 24 heavy (non-hydrogen) atoms. The molecule has 1 amide bonds. The van der Waals surface area contributed by atoms with Gasteiger partial charge in [-0.05, 0) is 25.5 Å². The van der Waals surface area contributed by atoms with E-state index in [9.17, 15) is 9.59 Å². The highest BCUT2D eigenvalue weighted by atomic mass is 16.5. The van der Waals surface area contributed by atoms with Crippen molar-refractivity contribution in [2.24, 2.45) is 0 Å². The van der Waals surface area contributed by atoms with Gasteiger partial charge in [0.05, 0.1) is 23.7 Å². The van der Waals surface area contributed by atoms with Crippen molar-refractivity contribution in [3.05, 3.63) is 34.7 Å². The number of benzene rings is 1. The zero-order valence-electron chi connectivity index (χ0n) is 13.8. The number of para-hydroxylation sites is 2. The Balaban J connectivity index is 1.60. The summed E-state index contributed by atoms with van der Waals surface area (Å²) in [6, 6.07) is 7.43. The van der Waals surface area contributed by atoms with E-state index >= 15 is 0 Å². The number of carbonyl (C=O) groups excluding carboxylic acids is 1. The van der Waals surface area contributed by atoms with Crippen LogP contribution in [0, 0.1) is 0 Å². The molecule has 7 heteroatoms. The molecule has 0 radical (unpaired) electrons. The monoisotopic (exact) mass is 333 g/mol. The number of aromatic nitrogens is 2. The van der Waals surface area contributed by atoms with Crippen LogP contribution in [-0.4, -0.2) is 47.4 Å². The fourth-order valence-corrected chi connectivity index (χ4v) is 3.08. The summed E-state index contributed by atoms with van der Waals surface area (Å²) in [4.78, 5) is 27.1. The van der Waals surface area contributed by atoms with Gasteiger partial charge >= 0.3 is 5.69 Å². The lowest BCUT2D eigenvalue weighted by Crippen LogP contribution is -2.50. The molecule has 130 valence electrons. The van der Waals surface area contributed by atoms with E-state index in [4.69, 9.17) is 9.47 Å². The summed E-state index contributed by atoms with van der Waals surface area (Å²) < 4.78 is 12.6. The van der Waals surface area contributed by atoms with Crippen molar-refractivity contribution in [3.63, 3.8) is 0 Å². The number of nitrogens with zero attached hydrogens (tertiary/aromatic N) is 1. The molecule has 3 rings (SSSR count). The SMILES string of the molecule is CCOC1COCCC1NC(=O)CCn1c(=O)[nH]c2ccccc21. The molecule has 2 atom stereocenters. The minimum Gasteiger partial charge on any atom is -0.379 e. The Bertz CT molecular complexity index is 750. The molecule has 0 aliphatic carbocycles. The second kappa shape index (κ2) is 7.63. The van der Waals surface area contributed by atoms with Crippen LogP contribution in [0.25, 0.3) is 11.0 Å². The molecule has 1 aliphatic rings. The van der Waals surface area contributed by atoms with Crippen LogP contribution in [0.2, 0.25) is 0 Å². The second-order valence-corrected chi connectivity index (χ2v) is 5.88. The number of hydrogen-bond acceptors (Lipinski definition) is 4. The molecule has 7 nitrogen and oxygen atoms in total. The highest BCUT2D eigenvalue weighted by Gasteiger charge is 2.27. The molecule has 2 unspecified atom stereocenters. The largest absolute Gasteiger partial charge is 0.379 e. The van der Waals surface area contributed by atoms with E-state index in [-0.39, 0.29) is 30.2 Å². The van der Waals surface area contributed by atoms with E-state index in [2.05, 4.69) is 10.3 Å². The lowest BCUT2D eigenvalue weighted by atomic mass is 10.1. The molecule has 1 saturated heterocycles. The topological polar surface area (TPSA) is 85.3 Å². The molecular formula is C17H23N3O4. The van der Waals surface area contributed by atoms with Crippen LogP contribution in [0.5, 0.6) is 0 Å². The maximum absolute atomic E-state index is 12.3. The average molecular weight is 333 g/mol. The molecule has 1 aromatic carbocycles. The Hall–Kier alpha value is -2.12. The van der Waals surface area contributed by atoms with Crippen LogP contribution in [-0.2, 0) is 20.8 Å². The molecule has 2 N–H and O–H groups in total. The highest BCUT2D eigenvalue weighted by molar-refractivity contribution is 5.77. The third-order valence-corrected chi connectivity index (χ3v) is 4.28. The first-order chi connectivity index (χ1) is 11.7. The van der Waals surface area contributed by atoms with Gasteiger partial charge in [-0.2, -0.15) is 0 Å². The first-order valence-corrected chi connectivity index (χ1v) is 8.35. The lowest BCUT2D eigenvalue weighted by Gasteiger charge is -2.31. The zero-order chi connectivity index (χ0) is 16.9. The van der Waals surface area contributed by atoms with E-state index in [0.717, 1.165) is 17.5 Å². The van der Waals surface area contributed by atoms with E-state index in [1.54, 1.807) is 4.57 Å². The normalized spacial score (nSPS) is 21.0. The Kier molecular flexibility index (Phi) is 5.32. The van der Waals surface area contributed by atoms with E-state index in [0.29, 0.717) is 26.4 Å². The van der Waals surface area contributed by atoms with Gasteiger partial charge in [0.1, 0.15) is 6.10 Å². The maximum atomic E-state index is 12.3. The molecule has 1 aliphatic heterocycles. The number of hydrogen-bond donors (Lipinski definition) is 2. The molecular weight excluding hydrogens is 310 g/mol. The first-order valence-electron chi connectivity index (χ1n) is 8.35. The lowest BCUT2D eigenvalue weighted by molar-refractivity contribution is -0.126. The summed E-state index contributed by atoms with van der Waals surface area (Å²) in [7, 11) is 0. The van der Waals surface area contributed by atoms with Crippen molar-refractivity contribution in [2.75, 3.05) is 19.8 Å². The molecule has 1 aromatic heterocycles. The van der Waals surface area contributed by atoms with Gasteiger partial charge in [0.25, 0.3) is 0 Å². The minimum absolute atomic E-state index is 0.0362. The third kappa shape index (κ3) is 3.68. The summed E-state index contributed by atoms with van der Waals surface area (Å²) in [5.74, 6) is -0.0798. The molecule has 2 heterocycles. The van der Waals surface area contributed by atoms with Crippen molar-refractivity contribution in [1.29, 1.82) is 0 Å². The van der Waals surface area contributed by atoms with Gasteiger partial charge in [0.2, 0.25) is 5.91 Å². The molecule has 2 aromatic rings. The summed E-state index contributed by atoms with van der Waals surface area (Å²) >= 11 is 0. The fraction of sp³-hybridized carbons (Fsp3) is 0.529. The smallest absolute Gasteiger partial charge is 0.326 e. The standard InChI is InChI=1S/C17H23N3O4/c1-2-24-15-11-23-10-8-13(15)18-16(21)7-9-20-14-6-4-3-5-12(14)19-17(20)22/h3-6,13,15H,2,7-11H2,1H3,(H,18,21)(H,19,22). The van der Waals surface area contributed by atoms with Crippen molar-refractivity contribution < 1.29 is 14.3 Å². The van der Waals surface area contributed by atoms with Crippen molar-refractivity contribution in [2.45, 2.75) is 38.5 Å². The minimum atomic E-state index is -0.192. The molecule has 0 bridgehead atoms. The predicted molar refractivity (Wildman–Crippen MR) is 90.0 cm³/mol. The highest BCUT2D eigenvalue weighted by Crippen LogP contribution is 2.12. The Labute approximate surface area is 139 Å². The number of amides is 1. The summed E-state index contributed by atoms with van der Waals surface area (Å²) in [6.07, 6.45) is 0.880. The fourth-order valence-electron chi connectivity index (χ4n) is 3.08. The number of aromatic amines is 1. The number of fused-ring (bicyclic) bond motifs is 1. The number of aryl methyl sites for hydroxylation is 1. The van der Waals surface area contributed by atoms with E-state index < -0.39 is 0 Å². The van der Waals surface area contributed by atoms with Gasteiger partial charge in [-0.3, -0.25) is 9.36 Å². The summed E-state index contributed by atoms with van der Waals surface area (Å²) in [5.41, 5.74) is 1.40. The molecule has 0 saturated carbocycles. The summed E-state index contributed by atoms with van der Waals surface area (Å²) in [5, 5.41) is 3.01. The Morgan fingerprint density at radius 1 is 1.46 bits per heavy atom. The molecule has 0 spiro atoms. The zero-order valence-corrected chi connectivity index (χ0v) is 13.8. The van der Waals surface area contributed by atoms with Crippen molar-refractivity contribution in [1.82, 2.24) is 14.9 Å². The third-order valence-electron chi connectivity index (χ3n) is 4.28. The number of ether oxygens (including phenoxy) is 2. The van der Waals surface area contributed by atoms with E-state index in [1.807, 2.05) is 31.2 Å². The van der Waals surface area contributed by atoms with Gasteiger partial charge in [-0.1, -0.05) is 12.1 Å². The average Bonchev–Trinajstić information content (AvgIpc) is 2.90. The number of nitrogens with one attached hydrogen (secondary N) is 2. The van der Waals surface area contributed by atoms with E-state index in [1.165, 1.54) is 0 Å². The van der Waals surface area contributed by atoms with Crippen molar-refractivity contribution >= 4 is 16.9 Å². The molecule has 1 fully saturated rings. The predicted octanol–water partition coefficient (Wildman–Crippen LogP) is 1.03. The maximum Gasteiger partial charge on any atom is 0.326 e. The van der Waals surface area contributed by atoms with Crippen LogP contribution in [0.15, 0.2) is 29.1 Å². The van der Waals surface area contributed by atoms with Gasteiger partial charge in [-0.15, -0.1) is 0 Å². The van der Waals surface area contributed by atoms with Crippen LogP contribution in [0.4, 0.5) is 0 Å². The van der Waals surface area contributed by atoms with Gasteiger partial charge in [-0.25, -0.2) is 4.79 Å². The number of rotatable bonds is 6. The van der Waals surface area contributed by atoms with Crippen molar-refractivity contribution in [3.8, 4) is 0 Å². The van der Waals surface area contributed by atoms with Crippen LogP contribution in [0.1, 0.15) is 19.8 Å². The summed E-state index contributed by atoms with van der Waals surface area (Å²) in [6.45, 7) is 3.98. The Morgan fingerprint density at radius 2 is 2.29 bits per heavy atom. The number of H-pyrrole nitrogens is 1. The number of carbonyl (C=O) groups is 1. The number of imidazole rings is 1. The van der Waals surface area contributed by atoms with Gasteiger partial charge in [0.15, 0.2) is 0 Å². The van der Waals surface area contributed by atoms with Gasteiger partial charge < -0.3 is 19.8 Å². The first kappa shape index (κ1) is 16.7.